The van der Waals surface area contributed by atoms with Crippen molar-refractivity contribution in [2.24, 2.45) is 0 Å². The fraction of sp³-hybridized carbons (Fsp3) is 0.250. The van der Waals surface area contributed by atoms with Crippen molar-refractivity contribution in [3.63, 3.8) is 0 Å². The quantitative estimate of drug-likeness (QED) is 0.680. The van der Waals surface area contributed by atoms with Crippen LogP contribution in [0.1, 0.15) is 5.56 Å². The van der Waals surface area contributed by atoms with E-state index in [2.05, 4.69) is 0 Å². The lowest BCUT2D eigenvalue weighted by atomic mass is 10.2. The standard InChI is InChI=1S/C8H8ClFO/c9-8(11)5-6-1-3-7(10)4-2-6/h1-4,8,11H,5H2. The Kier molecular flexibility index (Phi) is 2.85. The van der Waals surface area contributed by atoms with Crippen LogP contribution in [0.3, 0.4) is 0 Å². The highest BCUT2D eigenvalue weighted by Crippen LogP contribution is 2.07. The summed E-state index contributed by atoms with van der Waals surface area (Å²) in [6.07, 6.45) is 0.349. The number of hydrogen-bond donors (Lipinski definition) is 1. The van der Waals surface area contributed by atoms with E-state index >= 15 is 0 Å². The molecule has 0 saturated heterocycles. The van der Waals surface area contributed by atoms with Crippen molar-refractivity contribution < 1.29 is 9.50 Å². The van der Waals surface area contributed by atoms with E-state index in [0.29, 0.717) is 6.42 Å². The third kappa shape index (κ3) is 2.87. The Labute approximate surface area is 69.4 Å². The summed E-state index contributed by atoms with van der Waals surface area (Å²) in [4.78, 5) is 0. The minimum atomic E-state index is -0.888. The predicted molar refractivity (Wildman–Crippen MR) is 42.0 cm³/mol. The van der Waals surface area contributed by atoms with Crippen molar-refractivity contribution in [2.75, 3.05) is 0 Å². The van der Waals surface area contributed by atoms with E-state index in [1.807, 2.05) is 0 Å². The molecule has 0 amide bonds. The molecule has 0 bridgehead atoms. The summed E-state index contributed by atoms with van der Waals surface area (Å²) in [5.41, 5.74) is -0.0608. The Bertz CT molecular complexity index is 220. The van der Waals surface area contributed by atoms with Gasteiger partial charge in [0.1, 0.15) is 11.4 Å². The lowest BCUT2D eigenvalue weighted by Crippen LogP contribution is -2.00. The third-order valence-electron chi connectivity index (χ3n) is 1.32. The van der Waals surface area contributed by atoms with Gasteiger partial charge in [-0.1, -0.05) is 23.7 Å². The molecule has 0 aliphatic rings. The predicted octanol–water partition coefficient (Wildman–Crippen LogP) is 1.93. The molecule has 0 spiro atoms. The van der Waals surface area contributed by atoms with Crippen molar-refractivity contribution in [3.05, 3.63) is 35.6 Å². The van der Waals surface area contributed by atoms with Crippen molar-refractivity contribution in [1.29, 1.82) is 0 Å². The van der Waals surface area contributed by atoms with Crippen LogP contribution in [-0.4, -0.2) is 10.7 Å². The van der Waals surface area contributed by atoms with Gasteiger partial charge in [0.15, 0.2) is 0 Å². The van der Waals surface area contributed by atoms with Gasteiger partial charge in [0, 0.05) is 6.42 Å². The van der Waals surface area contributed by atoms with Crippen molar-refractivity contribution in [3.8, 4) is 0 Å². The van der Waals surface area contributed by atoms with Gasteiger partial charge < -0.3 is 5.11 Å². The van der Waals surface area contributed by atoms with Crippen LogP contribution in [-0.2, 0) is 6.42 Å². The minimum Gasteiger partial charge on any atom is -0.377 e. The smallest absolute Gasteiger partial charge is 0.132 e. The van der Waals surface area contributed by atoms with Crippen LogP contribution in [0.25, 0.3) is 0 Å². The first kappa shape index (κ1) is 8.50. The molecule has 1 unspecified atom stereocenters. The molecule has 0 heterocycles. The van der Waals surface area contributed by atoms with Crippen LogP contribution in [0.5, 0.6) is 0 Å². The van der Waals surface area contributed by atoms with Gasteiger partial charge in [-0.15, -0.1) is 0 Å². The Morgan fingerprint density at radius 1 is 1.36 bits per heavy atom. The second-order valence-corrected chi connectivity index (χ2v) is 2.77. The fourth-order valence-corrected chi connectivity index (χ4v) is 0.993. The first-order valence-electron chi connectivity index (χ1n) is 3.25. The molecule has 11 heavy (non-hydrogen) atoms. The molecule has 60 valence electrons. The highest BCUT2D eigenvalue weighted by molar-refractivity contribution is 6.19. The lowest BCUT2D eigenvalue weighted by Gasteiger charge is -2.00. The van der Waals surface area contributed by atoms with Gasteiger partial charge in [-0.3, -0.25) is 0 Å². The van der Waals surface area contributed by atoms with E-state index < -0.39 is 5.56 Å². The van der Waals surface area contributed by atoms with E-state index in [1.54, 1.807) is 12.1 Å². The molecule has 1 rings (SSSR count). The average Bonchev–Trinajstić information content (AvgIpc) is 1.93. The number of aliphatic hydroxyl groups is 1. The maximum atomic E-state index is 12.3. The lowest BCUT2D eigenvalue weighted by molar-refractivity contribution is 0.257. The minimum absolute atomic E-state index is 0.280. The second kappa shape index (κ2) is 3.69. The van der Waals surface area contributed by atoms with Crippen molar-refractivity contribution in [2.45, 2.75) is 12.0 Å². The summed E-state index contributed by atoms with van der Waals surface area (Å²) >= 11 is 5.31. The van der Waals surface area contributed by atoms with Crippen LogP contribution < -0.4 is 0 Å². The molecule has 0 radical (unpaired) electrons. The van der Waals surface area contributed by atoms with Crippen LogP contribution in [0, 0.1) is 5.82 Å². The molecule has 0 saturated carbocycles. The maximum Gasteiger partial charge on any atom is 0.132 e. The van der Waals surface area contributed by atoms with E-state index in [-0.39, 0.29) is 5.82 Å². The number of aliphatic hydroxyl groups excluding tert-OH is 1. The molecule has 1 aromatic rings. The molecule has 1 aromatic carbocycles. The number of rotatable bonds is 2. The first-order valence-corrected chi connectivity index (χ1v) is 3.69. The molecule has 1 nitrogen and oxygen atoms in total. The van der Waals surface area contributed by atoms with Crippen LogP contribution in [0.15, 0.2) is 24.3 Å². The third-order valence-corrected chi connectivity index (χ3v) is 1.47. The van der Waals surface area contributed by atoms with Gasteiger partial charge in [0.2, 0.25) is 0 Å². The molecule has 1 atom stereocenters. The van der Waals surface area contributed by atoms with Crippen molar-refractivity contribution >= 4 is 11.6 Å². The SMILES string of the molecule is OC(Cl)Cc1ccc(F)cc1. The second-order valence-electron chi connectivity index (χ2n) is 2.27. The summed E-state index contributed by atoms with van der Waals surface area (Å²) in [7, 11) is 0. The fourth-order valence-electron chi connectivity index (χ4n) is 0.815. The number of halogens is 2. The molecule has 3 heteroatoms. The van der Waals surface area contributed by atoms with E-state index in [0.717, 1.165) is 5.56 Å². The van der Waals surface area contributed by atoms with Crippen molar-refractivity contribution in [1.82, 2.24) is 0 Å². The van der Waals surface area contributed by atoms with Gasteiger partial charge in [-0.2, -0.15) is 0 Å². The summed E-state index contributed by atoms with van der Waals surface area (Å²) in [6, 6.07) is 5.88. The summed E-state index contributed by atoms with van der Waals surface area (Å²) in [5.74, 6) is -0.280. The Balaban J connectivity index is 2.66. The zero-order chi connectivity index (χ0) is 8.27. The van der Waals surface area contributed by atoms with Gasteiger partial charge in [-0.25, -0.2) is 4.39 Å². The molecule has 0 aliphatic heterocycles. The van der Waals surface area contributed by atoms with Gasteiger partial charge in [0.05, 0.1) is 0 Å². The van der Waals surface area contributed by atoms with Crippen LogP contribution in [0.2, 0.25) is 0 Å². The van der Waals surface area contributed by atoms with E-state index in [9.17, 15) is 4.39 Å². The molecule has 0 aliphatic carbocycles. The molecule has 0 aromatic heterocycles. The molecule has 0 fully saturated rings. The molecular weight excluding hydrogens is 167 g/mol. The van der Waals surface area contributed by atoms with E-state index in [1.165, 1.54) is 12.1 Å². The Morgan fingerprint density at radius 2 is 1.91 bits per heavy atom. The first-order chi connectivity index (χ1) is 5.18. The number of hydrogen-bond acceptors (Lipinski definition) is 1. The number of alkyl halides is 1. The maximum absolute atomic E-state index is 12.3. The molecule has 1 N–H and O–H groups in total. The van der Waals surface area contributed by atoms with E-state index in [4.69, 9.17) is 16.7 Å². The monoisotopic (exact) mass is 174 g/mol. The van der Waals surface area contributed by atoms with Gasteiger partial charge >= 0.3 is 0 Å². The largest absolute Gasteiger partial charge is 0.377 e. The highest BCUT2D eigenvalue weighted by atomic mass is 35.5. The Morgan fingerprint density at radius 3 is 2.36 bits per heavy atom. The molecular formula is C8H8ClFO. The van der Waals surface area contributed by atoms with Gasteiger partial charge in [-0.05, 0) is 17.7 Å². The Hall–Kier alpha value is -0.600. The zero-order valence-corrected chi connectivity index (χ0v) is 6.55. The highest BCUT2D eigenvalue weighted by Gasteiger charge is 1.99. The normalized spacial score (nSPS) is 13.0. The van der Waals surface area contributed by atoms with Gasteiger partial charge in [0.25, 0.3) is 0 Å². The average molecular weight is 175 g/mol. The van der Waals surface area contributed by atoms with Crippen LogP contribution in [0.4, 0.5) is 4.39 Å². The summed E-state index contributed by atoms with van der Waals surface area (Å²) in [5, 5.41) is 8.75. The summed E-state index contributed by atoms with van der Waals surface area (Å²) < 4.78 is 12.3. The number of benzene rings is 1. The topological polar surface area (TPSA) is 20.2 Å². The van der Waals surface area contributed by atoms with Crippen LogP contribution >= 0.6 is 11.6 Å². The summed E-state index contributed by atoms with van der Waals surface area (Å²) in [6.45, 7) is 0. The zero-order valence-electron chi connectivity index (χ0n) is 5.80.